The Labute approximate surface area is 144 Å². The predicted molar refractivity (Wildman–Crippen MR) is 92.9 cm³/mol. The number of hydrogen-bond donors (Lipinski definition) is 1. The highest BCUT2D eigenvalue weighted by atomic mass is 79.9. The first-order chi connectivity index (χ1) is 10.4. The number of halogens is 2. The lowest BCUT2D eigenvalue weighted by molar-refractivity contribution is -0.689. The minimum Gasteiger partial charge on any atom is -0.339 e. The molecule has 0 spiro atoms. The molecule has 0 aliphatic rings. The fourth-order valence-corrected chi connectivity index (χ4v) is 4.01. The van der Waals surface area contributed by atoms with E-state index in [4.69, 9.17) is 11.6 Å². The van der Waals surface area contributed by atoms with Crippen LogP contribution in [0, 0.1) is 0 Å². The van der Waals surface area contributed by atoms with Gasteiger partial charge in [0.25, 0.3) is 0 Å². The lowest BCUT2D eigenvalue weighted by Crippen LogP contribution is -2.85. The summed E-state index contributed by atoms with van der Waals surface area (Å²) in [5.74, 6) is 0.101. The van der Waals surface area contributed by atoms with Crippen LogP contribution in [0.5, 0.6) is 0 Å². The Morgan fingerprint density at radius 3 is 2.41 bits per heavy atom. The normalized spacial score (nSPS) is 13.0. The fourth-order valence-electron chi connectivity index (χ4n) is 2.20. The van der Waals surface area contributed by atoms with Gasteiger partial charge in [-0.2, -0.15) is 0 Å². The highest BCUT2D eigenvalue weighted by Gasteiger charge is 2.17. The average Bonchev–Trinajstić information content (AvgIpc) is 2.48. The minimum atomic E-state index is -3.25. The summed E-state index contributed by atoms with van der Waals surface area (Å²) in [5, 5.41) is 2.71. The molecule has 0 fully saturated rings. The lowest BCUT2D eigenvalue weighted by atomic mass is 10.1. The molecule has 0 aliphatic carbocycles. The summed E-state index contributed by atoms with van der Waals surface area (Å²) in [6.45, 7) is 2.51. The third-order valence-electron chi connectivity index (χ3n) is 3.48. The number of nitrogens with two attached hydrogens (primary N) is 1. The van der Waals surface area contributed by atoms with Crippen LogP contribution < -0.4 is 5.32 Å². The van der Waals surface area contributed by atoms with E-state index in [2.05, 4.69) is 15.9 Å². The molecule has 0 radical (unpaired) electrons. The molecule has 0 amide bonds. The Kier molecular flexibility index (Phi) is 6.03. The molecule has 2 N–H and O–H groups in total. The maximum atomic E-state index is 12.3. The van der Waals surface area contributed by atoms with Crippen molar-refractivity contribution in [2.24, 2.45) is 0 Å². The molecule has 1 atom stereocenters. The van der Waals surface area contributed by atoms with Gasteiger partial charge in [-0.15, -0.1) is 0 Å². The second-order valence-corrected chi connectivity index (χ2v) is 8.54. The molecule has 0 bridgehead atoms. The summed E-state index contributed by atoms with van der Waals surface area (Å²) in [4.78, 5) is 0.356. The zero-order chi connectivity index (χ0) is 16.2. The van der Waals surface area contributed by atoms with Crippen LogP contribution in [0.15, 0.2) is 57.9 Å². The Hall–Kier alpha value is -0.880. The molecule has 6 heteroatoms. The highest BCUT2D eigenvalue weighted by Crippen LogP contribution is 2.19. The molecule has 3 nitrogen and oxygen atoms in total. The van der Waals surface area contributed by atoms with Gasteiger partial charge in [0.2, 0.25) is 0 Å². The molecule has 118 valence electrons. The van der Waals surface area contributed by atoms with E-state index in [1.54, 1.807) is 24.3 Å². The van der Waals surface area contributed by atoms with Crippen molar-refractivity contribution in [1.29, 1.82) is 0 Å². The first kappa shape index (κ1) is 17.5. The van der Waals surface area contributed by atoms with Gasteiger partial charge in [-0.25, -0.2) is 8.42 Å². The summed E-state index contributed by atoms with van der Waals surface area (Å²) < 4.78 is 25.4. The van der Waals surface area contributed by atoms with Crippen molar-refractivity contribution in [1.82, 2.24) is 0 Å². The van der Waals surface area contributed by atoms with Crippen LogP contribution in [0.1, 0.15) is 18.5 Å². The van der Waals surface area contributed by atoms with Crippen molar-refractivity contribution in [3.8, 4) is 0 Å². The molecule has 2 aromatic carbocycles. The number of sulfone groups is 1. The standard InChI is InChI=1S/C16H17BrClNO2S/c1-12(15-4-2-3-5-16(15)18)19-10-11-22(20,21)14-8-6-13(17)7-9-14/h2-9,12,19H,10-11H2,1H3/p+1/t12-/m0/s1. The second kappa shape index (κ2) is 7.59. The van der Waals surface area contributed by atoms with Crippen LogP contribution in [0.25, 0.3) is 0 Å². The maximum absolute atomic E-state index is 12.3. The molecule has 22 heavy (non-hydrogen) atoms. The van der Waals surface area contributed by atoms with Gasteiger partial charge in [-0.3, -0.25) is 0 Å². The number of benzene rings is 2. The minimum absolute atomic E-state index is 0.101. The molecule has 0 saturated carbocycles. The van der Waals surface area contributed by atoms with E-state index in [0.717, 1.165) is 10.0 Å². The lowest BCUT2D eigenvalue weighted by Gasteiger charge is -2.12. The molecular weight excluding hydrogens is 386 g/mol. The molecule has 0 aliphatic heterocycles. The van der Waals surface area contributed by atoms with E-state index >= 15 is 0 Å². The number of quaternary nitrogens is 1. The van der Waals surface area contributed by atoms with E-state index < -0.39 is 9.84 Å². The van der Waals surface area contributed by atoms with Crippen molar-refractivity contribution >= 4 is 37.4 Å². The second-order valence-electron chi connectivity index (χ2n) is 5.11. The molecular formula is C16H18BrClNO2S+. The molecule has 2 aromatic rings. The first-order valence-corrected chi connectivity index (χ1v) is 9.78. The van der Waals surface area contributed by atoms with Crippen LogP contribution in [-0.4, -0.2) is 20.7 Å². The fraction of sp³-hybridized carbons (Fsp3) is 0.250. The van der Waals surface area contributed by atoms with E-state index in [-0.39, 0.29) is 11.8 Å². The van der Waals surface area contributed by atoms with Crippen LogP contribution in [0.2, 0.25) is 5.02 Å². The quantitative estimate of drug-likeness (QED) is 0.805. The van der Waals surface area contributed by atoms with Crippen LogP contribution >= 0.6 is 27.5 Å². The maximum Gasteiger partial charge on any atom is 0.183 e. The van der Waals surface area contributed by atoms with Crippen LogP contribution in [0.3, 0.4) is 0 Å². The molecule has 0 aromatic heterocycles. The van der Waals surface area contributed by atoms with E-state index in [9.17, 15) is 8.42 Å². The number of hydrogen-bond acceptors (Lipinski definition) is 2. The van der Waals surface area contributed by atoms with Crippen molar-refractivity contribution in [2.75, 3.05) is 12.3 Å². The van der Waals surface area contributed by atoms with Gasteiger partial charge in [-0.05, 0) is 37.3 Å². The Balaban J connectivity index is 1.95. The largest absolute Gasteiger partial charge is 0.339 e. The monoisotopic (exact) mass is 402 g/mol. The smallest absolute Gasteiger partial charge is 0.183 e. The van der Waals surface area contributed by atoms with E-state index in [1.165, 1.54) is 0 Å². The Morgan fingerprint density at radius 1 is 1.14 bits per heavy atom. The topological polar surface area (TPSA) is 50.8 Å². The first-order valence-electron chi connectivity index (χ1n) is 6.96. The van der Waals surface area contributed by atoms with E-state index in [1.807, 2.05) is 36.5 Å². The molecule has 0 saturated heterocycles. The SMILES string of the molecule is C[C@H]([NH2+]CCS(=O)(=O)c1ccc(Br)cc1)c1ccccc1Cl. The van der Waals surface area contributed by atoms with Crippen molar-refractivity contribution in [3.05, 3.63) is 63.6 Å². The van der Waals surface area contributed by atoms with Gasteiger partial charge in [-0.1, -0.05) is 45.7 Å². The van der Waals surface area contributed by atoms with Crippen molar-refractivity contribution in [2.45, 2.75) is 17.9 Å². The van der Waals surface area contributed by atoms with Gasteiger partial charge in [0.1, 0.15) is 11.8 Å². The van der Waals surface area contributed by atoms with Crippen LogP contribution in [-0.2, 0) is 9.84 Å². The predicted octanol–water partition coefficient (Wildman–Crippen LogP) is 3.20. The Morgan fingerprint density at radius 2 is 1.77 bits per heavy atom. The summed E-state index contributed by atoms with van der Waals surface area (Å²) in [7, 11) is -3.25. The zero-order valence-corrected chi connectivity index (χ0v) is 15.3. The summed E-state index contributed by atoms with van der Waals surface area (Å²) in [6.07, 6.45) is 0. The van der Waals surface area contributed by atoms with Gasteiger partial charge in [0.05, 0.1) is 11.4 Å². The van der Waals surface area contributed by atoms with Gasteiger partial charge in [0.15, 0.2) is 9.84 Å². The van der Waals surface area contributed by atoms with Crippen molar-refractivity contribution in [3.63, 3.8) is 0 Å². The van der Waals surface area contributed by atoms with Gasteiger partial charge < -0.3 is 5.32 Å². The number of rotatable bonds is 6. The third kappa shape index (κ3) is 4.56. The van der Waals surface area contributed by atoms with E-state index in [0.29, 0.717) is 16.5 Å². The van der Waals surface area contributed by atoms with Crippen molar-refractivity contribution < 1.29 is 13.7 Å². The summed E-state index contributed by atoms with van der Waals surface area (Å²) >= 11 is 9.46. The highest BCUT2D eigenvalue weighted by molar-refractivity contribution is 9.10. The summed E-state index contributed by atoms with van der Waals surface area (Å²) in [5.41, 5.74) is 1.02. The molecule has 2 rings (SSSR count). The Bertz CT molecular complexity index is 732. The molecule has 0 unspecified atom stereocenters. The van der Waals surface area contributed by atoms with Gasteiger partial charge in [0, 0.05) is 15.1 Å². The van der Waals surface area contributed by atoms with Gasteiger partial charge >= 0.3 is 0 Å². The summed E-state index contributed by atoms with van der Waals surface area (Å²) in [6, 6.07) is 14.5. The average molecular weight is 404 g/mol. The molecule has 0 heterocycles. The van der Waals surface area contributed by atoms with Crippen LogP contribution in [0.4, 0.5) is 0 Å². The zero-order valence-electron chi connectivity index (χ0n) is 12.2. The third-order valence-corrected chi connectivity index (χ3v) is 6.11.